The van der Waals surface area contributed by atoms with Crippen molar-refractivity contribution < 1.29 is 0 Å². The van der Waals surface area contributed by atoms with Gasteiger partial charge in [0.05, 0.1) is 11.0 Å². The van der Waals surface area contributed by atoms with E-state index in [9.17, 15) is 0 Å². The van der Waals surface area contributed by atoms with E-state index < -0.39 is 0 Å². The van der Waals surface area contributed by atoms with E-state index in [0.29, 0.717) is 0 Å². The van der Waals surface area contributed by atoms with Crippen LogP contribution in [0.2, 0.25) is 0 Å². The largest absolute Gasteiger partial charge is 0.268 e. The first-order chi connectivity index (χ1) is 5.70. The summed E-state index contributed by atoms with van der Waals surface area (Å²) in [6.45, 7) is 2.00. The number of nitrogens with zero attached hydrogens (tertiary/aromatic N) is 2. The molecule has 0 spiro atoms. The van der Waals surface area contributed by atoms with Crippen LogP contribution in [0.5, 0.6) is 0 Å². The number of halogens is 1. The van der Waals surface area contributed by atoms with Crippen LogP contribution < -0.4 is 10.6 Å². The summed E-state index contributed by atoms with van der Waals surface area (Å²) in [5.74, 6) is 0. The molecule has 1 aliphatic carbocycles. The second-order valence-electron chi connectivity index (χ2n) is 3.12. The van der Waals surface area contributed by atoms with Crippen LogP contribution in [-0.2, 0) is 7.05 Å². The highest BCUT2D eigenvalue weighted by Crippen LogP contribution is 2.11. The van der Waals surface area contributed by atoms with Crippen molar-refractivity contribution in [2.24, 2.45) is 7.05 Å². The second kappa shape index (κ2) is 2.63. The Balaban J connectivity index is 2.98. The molecule has 0 atom stereocenters. The van der Waals surface area contributed by atoms with E-state index in [-0.39, 0.29) is 0 Å². The predicted octanol–water partition coefficient (Wildman–Crippen LogP) is 0.650. The van der Waals surface area contributed by atoms with E-state index in [1.807, 2.05) is 18.7 Å². The molecule has 2 rings (SSSR count). The first-order valence-corrected chi connectivity index (χ1v) is 4.46. The highest BCUT2D eigenvalue weighted by molar-refractivity contribution is 6.45. The highest BCUT2D eigenvalue weighted by atomic mass is 35.5. The fraction of sp³-hybridized carbons (Fsp3) is 0.444. The maximum atomic E-state index is 6.11. The average Bonchev–Trinajstić information content (AvgIpc) is 2.29. The van der Waals surface area contributed by atoms with Gasteiger partial charge in [-0.25, -0.2) is 0 Å². The quantitative estimate of drug-likeness (QED) is 0.576. The van der Waals surface area contributed by atoms with Crippen LogP contribution in [0.15, 0.2) is 0 Å². The van der Waals surface area contributed by atoms with Crippen LogP contribution >= 0.6 is 11.6 Å². The van der Waals surface area contributed by atoms with Crippen LogP contribution in [0.3, 0.4) is 0 Å². The van der Waals surface area contributed by atoms with Gasteiger partial charge in [0.1, 0.15) is 0 Å². The van der Waals surface area contributed by atoms with Gasteiger partial charge in [-0.3, -0.25) is 4.68 Å². The van der Waals surface area contributed by atoms with E-state index in [1.54, 1.807) is 0 Å². The highest BCUT2D eigenvalue weighted by Gasteiger charge is 2.08. The number of aryl methyl sites for hydroxylation is 2. The standard InChI is InChI=1S/C9H11ClN2/c1-6-9-7(10)4-3-5-8(9)12(2)11-6/h5H,3-4H2,1-2H3. The van der Waals surface area contributed by atoms with Gasteiger partial charge in [0.25, 0.3) is 0 Å². The second-order valence-corrected chi connectivity index (χ2v) is 3.57. The summed E-state index contributed by atoms with van der Waals surface area (Å²) in [6, 6.07) is 0. The molecule has 0 N–H and O–H groups in total. The Bertz CT molecular complexity index is 428. The zero-order valence-corrected chi connectivity index (χ0v) is 8.02. The van der Waals surface area contributed by atoms with Gasteiger partial charge in [0.15, 0.2) is 0 Å². The third-order valence-electron chi connectivity index (χ3n) is 2.24. The lowest BCUT2D eigenvalue weighted by atomic mass is 10.1. The van der Waals surface area contributed by atoms with Gasteiger partial charge < -0.3 is 0 Å². The molecule has 0 unspecified atom stereocenters. The number of aromatic nitrogens is 2. The average molecular weight is 183 g/mol. The molecule has 0 fully saturated rings. The summed E-state index contributed by atoms with van der Waals surface area (Å²) >= 11 is 6.11. The zero-order chi connectivity index (χ0) is 8.72. The molecule has 0 saturated heterocycles. The summed E-state index contributed by atoms with van der Waals surface area (Å²) in [4.78, 5) is 0. The van der Waals surface area contributed by atoms with E-state index in [0.717, 1.165) is 28.8 Å². The SMILES string of the molecule is Cc1nn(C)c2c1=C(Cl)CCC=2. The molecule has 64 valence electrons. The van der Waals surface area contributed by atoms with Crippen LogP contribution in [-0.4, -0.2) is 9.78 Å². The van der Waals surface area contributed by atoms with Crippen molar-refractivity contribution in [2.45, 2.75) is 19.8 Å². The van der Waals surface area contributed by atoms with Gasteiger partial charge >= 0.3 is 0 Å². The summed E-state index contributed by atoms with van der Waals surface area (Å²) < 4.78 is 1.90. The Hall–Kier alpha value is -0.760. The summed E-state index contributed by atoms with van der Waals surface area (Å²) in [5, 5.41) is 7.59. The molecule has 0 saturated carbocycles. The van der Waals surface area contributed by atoms with Gasteiger partial charge in [-0.05, 0) is 19.8 Å². The Labute approximate surface area is 76.1 Å². The van der Waals surface area contributed by atoms with Gasteiger partial charge in [0.2, 0.25) is 0 Å². The topological polar surface area (TPSA) is 17.8 Å². The van der Waals surface area contributed by atoms with Crippen LogP contribution in [0.4, 0.5) is 0 Å². The monoisotopic (exact) mass is 182 g/mol. The lowest BCUT2D eigenvalue weighted by Gasteiger charge is -2.00. The van der Waals surface area contributed by atoms with Gasteiger partial charge in [-0.2, -0.15) is 5.10 Å². The third-order valence-corrected chi connectivity index (χ3v) is 2.62. The maximum Gasteiger partial charge on any atom is 0.0683 e. The molecular formula is C9H11ClN2. The van der Waals surface area contributed by atoms with E-state index in [1.165, 1.54) is 5.35 Å². The Kier molecular flexibility index (Phi) is 1.72. The smallest absolute Gasteiger partial charge is 0.0683 e. The molecule has 0 aliphatic heterocycles. The zero-order valence-electron chi connectivity index (χ0n) is 7.26. The minimum absolute atomic E-state index is 0.957. The molecule has 0 radical (unpaired) electrons. The molecule has 0 bridgehead atoms. The number of hydrogen-bond donors (Lipinski definition) is 0. The Morgan fingerprint density at radius 2 is 2.33 bits per heavy atom. The van der Waals surface area contributed by atoms with Crippen LogP contribution in [0.25, 0.3) is 11.1 Å². The summed E-state index contributed by atoms with van der Waals surface area (Å²) in [7, 11) is 1.96. The molecule has 1 aromatic rings. The van der Waals surface area contributed by atoms with Crippen molar-refractivity contribution >= 4 is 22.7 Å². The molecular weight excluding hydrogens is 172 g/mol. The number of fused-ring (bicyclic) bond motifs is 1. The minimum atomic E-state index is 0.957. The minimum Gasteiger partial charge on any atom is -0.268 e. The van der Waals surface area contributed by atoms with E-state index in [2.05, 4.69) is 11.2 Å². The predicted molar refractivity (Wildman–Crippen MR) is 50.2 cm³/mol. The summed E-state index contributed by atoms with van der Waals surface area (Å²) in [6.07, 6.45) is 4.19. The Morgan fingerprint density at radius 1 is 1.58 bits per heavy atom. The van der Waals surface area contributed by atoms with Crippen LogP contribution in [0.1, 0.15) is 18.5 Å². The van der Waals surface area contributed by atoms with Gasteiger partial charge in [-0.1, -0.05) is 17.7 Å². The number of hydrogen-bond acceptors (Lipinski definition) is 1. The first kappa shape index (κ1) is 7.87. The van der Waals surface area contributed by atoms with Gasteiger partial charge in [0, 0.05) is 17.3 Å². The summed E-state index contributed by atoms with van der Waals surface area (Å²) in [5.41, 5.74) is 1.04. The molecule has 12 heavy (non-hydrogen) atoms. The maximum absolute atomic E-state index is 6.11. The fourth-order valence-electron chi connectivity index (χ4n) is 1.71. The van der Waals surface area contributed by atoms with Crippen molar-refractivity contribution in [1.82, 2.24) is 9.78 Å². The van der Waals surface area contributed by atoms with Crippen LogP contribution in [0, 0.1) is 6.92 Å². The van der Waals surface area contributed by atoms with Crippen molar-refractivity contribution in [3.63, 3.8) is 0 Å². The lowest BCUT2D eigenvalue weighted by Crippen LogP contribution is -2.31. The van der Waals surface area contributed by atoms with E-state index >= 15 is 0 Å². The first-order valence-electron chi connectivity index (χ1n) is 4.08. The third kappa shape index (κ3) is 0.985. The molecule has 1 aromatic heterocycles. The Morgan fingerprint density at radius 3 is 3.00 bits per heavy atom. The molecule has 1 heterocycles. The molecule has 3 heteroatoms. The normalized spacial score (nSPS) is 15.8. The molecule has 0 amide bonds. The molecule has 0 aromatic carbocycles. The van der Waals surface area contributed by atoms with E-state index in [4.69, 9.17) is 11.6 Å². The number of rotatable bonds is 0. The molecule has 2 nitrogen and oxygen atoms in total. The lowest BCUT2D eigenvalue weighted by molar-refractivity contribution is 0.731. The molecule has 1 aliphatic rings. The van der Waals surface area contributed by atoms with Crippen molar-refractivity contribution in [3.05, 3.63) is 16.3 Å². The van der Waals surface area contributed by atoms with Crippen molar-refractivity contribution in [2.75, 3.05) is 0 Å². The van der Waals surface area contributed by atoms with Crippen molar-refractivity contribution in [3.8, 4) is 0 Å². The van der Waals surface area contributed by atoms with Gasteiger partial charge in [-0.15, -0.1) is 0 Å². The fourth-order valence-corrected chi connectivity index (χ4v) is 2.05. The van der Waals surface area contributed by atoms with Crippen molar-refractivity contribution in [1.29, 1.82) is 0 Å².